The van der Waals surface area contributed by atoms with Crippen LogP contribution in [0.25, 0.3) is 0 Å². The maximum absolute atomic E-state index is 9.21. The SMILES string of the molecule is C=C1CC2C(CC[C@@]3(C)C2C2CC2[C@@]32C=CCO2)[C@H]2CCC(=NO)C=C12. The van der Waals surface area contributed by atoms with Crippen molar-refractivity contribution in [3.63, 3.8) is 0 Å². The zero-order chi connectivity index (χ0) is 17.7. The van der Waals surface area contributed by atoms with E-state index in [-0.39, 0.29) is 5.60 Å². The Morgan fingerprint density at radius 2 is 2.15 bits per heavy atom. The Bertz CT molecular complexity index is 779. The van der Waals surface area contributed by atoms with Gasteiger partial charge in [-0.1, -0.05) is 36.4 Å². The van der Waals surface area contributed by atoms with Gasteiger partial charge in [0, 0.05) is 5.41 Å². The number of allylic oxidation sites excluding steroid dienone is 3. The molecule has 6 rings (SSSR count). The van der Waals surface area contributed by atoms with E-state index in [4.69, 9.17) is 4.74 Å². The molecule has 0 bridgehead atoms. The smallest absolute Gasteiger partial charge is 0.0954 e. The highest BCUT2D eigenvalue weighted by Crippen LogP contribution is 2.77. The van der Waals surface area contributed by atoms with Crippen LogP contribution in [0.2, 0.25) is 0 Å². The highest BCUT2D eigenvalue weighted by Gasteiger charge is 2.76. The van der Waals surface area contributed by atoms with E-state index in [1.807, 2.05) is 0 Å². The van der Waals surface area contributed by atoms with Crippen LogP contribution in [-0.2, 0) is 4.74 Å². The Morgan fingerprint density at radius 1 is 1.27 bits per heavy atom. The van der Waals surface area contributed by atoms with E-state index in [9.17, 15) is 5.21 Å². The van der Waals surface area contributed by atoms with Crippen LogP contribution >= 0.6 is 0 Å². The topological polar surface area (TPSA) is 41.8 Å². The monoisotopic (exact) mass is 351 g/mol. The number of fused-ring (bicyclic) bond motifs is 9. The second kappa shape index (κ2) is 4.92. The third kappa shape index (κ3) is 1.67. The summed E-state index contributed by atoms with van der Waals surface area (Å²) in [6.45, 7) is 7.83. The van der Waals surface area contributed by atoms with Gasteiger partial charge in [-0.25, -0.2) is 0 Å². The molecular formula is C23H29NO2. The summed E-state index contributed by atoms with van der Waals surface area (Å²) < 4.78 is 6.48. The van der Waals surface area contributed by atoms with Crippen molar-refractivity contribution in [3.8, 4) is 0 Å². The molecule has 1 spiro atoms. The number of ether oxygens (including phenoxy) is 1. The normalized spacial score (nSPS) is 55.3. The van der Waals surface area contributed by atoms with Crippen molar-refractivity contribution in [2.24, 2.45) is 46.1 Å². The lowest BCUT2D eigenvalue weighted by Gasteiger charge is -2.57. The summed E-state index contributed by atoms with van der Waals surface area (Å²) in [6.07, 6.45) is 14.0. The largest absolute Gasteiger partial charge is 0.411 e. The van der Waals surface area contributed by atoms with Crippen molar-refractivity contribution in [2.75, 3.05) is 6.61 Å². The predicted octanol–water partition coefficient (Wildman–Crippen LogP) is 4.74. The third-order valence-electron chi connectivity index (χ3n) is 9.24. The Labute approximate surface area is 155 Å². The highest BCUT2D eigenvalue weighted by atomic mass is 16.5. The summed E-state index contributed by atoms with van der Waals surface area (Å²) in [4.78, 5) is 0. The Morgan fingerprint density at radius 3 is 2.92 bits per heavy atom. The summed E-state index contributed by atoms with van der Waals surface area (Å²) in [5, 5.41) is 12.7. The standard InChI is InChI=1S/C23H29NO2/c1-13-10-18-16(15-5-4-14(24-25)11-17(13)15)6-8-22(2)21(18)19-12-20(19)23(22)7-3-9-26-23/h3,7,11,15-16,18-21,25H,1,4-6,8-10,12H2,2H3/t15-,16?,18?,19?,20?,21?,22+,23+/m1/s1. The average molecular weight is 351 g/mol. The first-order chi connectivity index (χ1) is 12.6. The summed E-state index contributed by atoms with van der Waals surface area (Å²) in [5.41, 5.74) is 3.88. The number of rotatable bonds is 0. The van der Waals surface area contributed by atoms with E-state index < -0.39 is 0 Å². The van der Waals surface area contributed by atoms with Gasteiger partial charge in [-0.05, 0) is 85.7 Å². The minimum atomic E-state index is 0.0357. The van der Waals surface area contributed by atoms with Crippen LogP contribution in [0.15, 0.2) is 41.1 Å². The van der Waals surface area contributed by atoms with Crippen LogP contribution in [-0.4, -0.2) is 23.1 Å². The summed E-state index contributed by atoms with van der Waals surface area (Å²) in [5.74, 6) is 4.60. The van der Waals surface area contributed by atoms with Crippen LogP contribution < -0.4 is 0 Å². The second-order valence-corrected chi connectivity index (χ2v) is 9.97. The molecular weight excluding hydrogens is 322 g/mol. The molecule has 1 aliphatic heterocycles. The fraction of sp³-hybridized carbons (Fsp3) is 0.696. The number of hydrogen-bond acceptors (Lipinski definition) is 3. The quantitative estimate of drug-likeness (QED) is 0.389. The molecule has 6 aliphatic rings. The first kappa shape index (κ1) is 15.7. The van der Waals surface area contributed by atoms with E-state index >= 15 is 0 Å². The molecule has 4 saturated carbocycles. The predicted molar refractivity (Wildman–Crippen MR) is 101 cm³/mol. The van der Waals surface area contributed by atoms with Crippen LogP contribution in [0.5, 0.6) is 0 Å². The van der Waals surface area contributed by atoms with Crippen molar-refractivity contribution < 1.29 is 9.94 Å². The Kier molecular flexibility index (Phi) is 2.97. The lowest BCUT2D eigenvalue weighted by molar-refractivity contribution is -0.128. The van der Waals surface area contributed by atoms with Gasteiger partial charge in [0.15, 0.2) is 0 Å². The maximum Gasteiger partial charge on any atom is 0.0954 e. The molecule has 8 atom stereocenters. The molecule has 0 aromatic rings. The Balaban J connectivity index is 1.39. The molecule has 1 heterocycles. The van der Waals surface area contributed by atoms with E-state index in [1.165, 1.54) is 30.4 Å². The zero-order valence-corrected chi connectivity index (χ0v) is 15.7. The van der Waals surface area contributed by atoms with Crippen molar-refractivity contribution in [3.05, 3.63) is 36.0 Å². The van der Waals surface area contributed by atoms with Gasteiger partial charge in [0.1, 0.15) is 0 Å². The first-order valence-electron chi connectivity index (χ1n) is 10.5. The molecule has 0 amide bonds. The highest BCUT2D eigenvalue weighted by molar-refractivity contribution is 5.96. The van der Waals surface area contributed by atoms with Gasteiger partial charge in [-0.2, -0.15) is 0 Å². The maximum atomic E-state index is 9.21. The molecule has 1 N–H and O–H groups in total. The molecule has 26 heavy (non-hydrogen) atoms. The molecule has 0 aromatic carbocycles. The van der Waals surface area contributed by atoms with Gasteiger partial charge >= 0.3 is 0 Å². The molecule has 0 radical (unpaired) electrons. The minimum Gasteiger partial charge on any atom is -0.411 e. The van der Waals surface area contributed by atoms with Crippen molar-refractivity contribution in [1.29, 1.82) is 0 Å². The van der Waals surface area contributed by atoms with Gasteiger partial charge in [0.2, 0.25) is 0 Å². The van der Waals surface area contributed by atoms with Gasteiger partial charge in [0.25, 0.3) is 0 Å². The fourth-order valence-corrected chi connectivity index (χ4v) is 8.29. The van der Waals surface area contributed by atoms with Crippen LogP contribution in [0.3, 0.4) is 0 Å². The van der Waals surface area contributed by atoms with Crippen LogP contribution in [0, 0.1) is 40.9 Å². The molecule has 138 valence electrons. The lowest BCUT2D eigenvalue weighted by atomic mass is 9.48. The number of hydrogen-bond donors (Lipinski definition) is 1. The van der Waals surface area contributed by atoms with E-state index in [0.29, 0.717) is 11.3 Å². The van der Waals surface area contributed by atoms with Gasteiger partial charge in [-0.3, -0.25) is 0 Å². The van der Waals surface area contributed by atoms with E-state index in [1.54, 1.807) is 0 Å². The first-order valence-corrected chi connectivity index (χ1v) is 10.5. The summed E-state index contributed by atoms with van der Waals surface area (Å²) in [6, 6.07) is 0. The molecule has 5 unspecified atom stereocenters. The fourth-order valence-electron chi connectivity index (χ4n) is 8.29. The molecule has 0 saturated heterocycles. The van der Waals surface area contributed by atoms with E-state index in [0.717, 1.165) is 61.2 Å². The molecule has 4 fully saturated rings. The molecule has 3 heteroatoms. The van der Waals surface area contributed by atoms with Crippen LogP contribution in [0.4, 0.5) is 0 Å². The Hall–Kier alpha value is -1.35. The summed E-state index contributed by atoms with van der Waals surface area (Å²) in [7, 11) is 0. The summed E-state index contributed by atoms with van der Waals surface area (Å²) >= 11 is 0. The van der Waals surface area contributed by atoms with Gasteiger partial charge < -0.3 is 9.94 Å². The van der Waals surface area contributed by atoms with E-state index in [2.05, 4.69) is 36.9 Å². The average Bonchev–Trinajstić information content (AvgIpc) is 3.20. The van der Waals surface area contributed by atoms with Crippen molar-refractivity contribution in [2.45, 2.75) is 51.0 Å². The van der Waals surface area contributed by atoms with Gasteiger partial charge in [0.05, 0.1) is 17.9 Å². The number of nitrogens with zero attached hydrogens (tertiary/aromatic N) is 1. The van der Waals surface area contributed by atoms with Gasteiger partial charge in [-0.15, -0.1) is 0 Å². The second-order valence-electron chi connectivity index (χ2n) is 9.97. The van der Waals surface area contributed by atoms with Crippen molar-refractivity contribution >= 4 is 5.71 Å². The lowest BCUT2D eigenvalue weighted by Crippen LogP contribution is -2.54. The van der Waals surface area contributed by atoms with Crippen LogP contribution in [0.1, 0.15) is 45.4 Å². The number of oxime groups is 1. The molecule has 3 nitrogen and oxygen atoms in total. The minimum absolute atomic E-state index is 0.0357. The molecule has 5 aliphatic carbocycles. The zero-order valence-electron chi connectivity index (χ0n) is 15.7. The molecule has 0 aromatic heterocycles. The van der Waals surface area contributed by atoms with Crippen molar-refractivity contribution in [1.82, 2.24) is 0 Å². The third-order valence-corrected chi connectivity index (χ3v) is 9.24.